The van der Waals surface area contributed by atoms with Crippen molar-refractivity contribution in [3.63, 3.8) is 0 Å². The van der Waals surface area contributed by atoms with Crippen molar-refractivity contribution in [2.24, 2.45) is 17.8 Å². The first-order valence-corrected chi connectivity index (χ1v) is 5.16. The smallest absolute Gasteiger partial charge is 0.00951 e. The van der Waals surface area contributed by atoms with Gasteiger partial charge in [-0.05, 0) is 55.6 Å². The van der Waals surface area contributed by atoms with Crippen LogP contribution in [-0.4, -0.2) is 5.75 Å². The Hall–Kier alpha value is 0.350. The van der Waals surface area contributed by atoms with Gasteiger partial charge in [-0.3, -0.25) is 0 Å². The summed E-state index contributed by atoms with van der Waals surface area (Å²) in [5, 5.41) is 0. The molecular formula is C9H16S. The Bertz CT molecular complexity index is 102. The Balaban J connectivity index is 1.96. The van der Waals surface area contributed by atoms with Crippen LogP contribution >= 0.6 is 12.6 Å². The maximum absolute atomic E-state index is 4.30. The van der Waals surface area contributed by atoms with E-state index < -0.39 is 0 Å². The zero-order valence-corrected chi connectivity index (χ0v) is 7.32. The van der Waals surface area contributed by atoms with E-state index in [4.69, 9.17) is 0 Å². The van der Waals surface area contributed by atoms with Crippen molar-refractivity contribution in [3.05, 3.63) is 0 Å². The molecule has 0 radical (unpaired) electrons. The van der Waals surface area contributed by atoms with Gasteiger partial charge < -0.3 is 0 Å². The van der Waals surface area contributed by atoms with Crippen LogP contribution in [0.15, 0.2) is 0 Å². The molecule has 0 heterocycles. The van der Waals surface area contributed by atoms with Crippen LogP contribution < -0.4 is 0 Å². The molecule has 2 aliphatic carbocycles. The Kier molecular flexibility index (Phi) is 1.94. The first-order valence-electron chi connectivity index (χ1n) is 4.52. The first-order chi connectivity index (χ1) is 4.92. The van der Waals surface area contributed by atoms with Crippen LogP contribution in [0.25, 0.3) is 0 Å². The third-order valence-corrected chi connectivity index (χ3v) is 3.75. The Morgan fingerprint density at radius 3 is 1.90 bits per heavy atom. The van der Waals surface area contributed by atoms with E-state index in [2.05, 4.69) is 12.6 Å². The van der Waals surface area contributed by atoms with E-state index in [0.29, 0.717) is 0 Å². The van der Waals surface area contributed by atoms with Gasteiger partial charge >= 0.3 is 0 Å². The summed E-state index contributed by atoms with van der Waals surface area (Å²) in [6.07, 6.45) is 7.51. The Morgan fingerprint density at radius 1 is 1.00 bits per heavy atom. The van der Waals surface area contributed by atoms with E-state index in [1.165, 1.54) is 32.1 Å². The maximum atomic E-state index is 4.30. The number of hydrogen-bond donors (Lipinski definition) is 1. The van der Waals surface area contributed by atoms with Crippen LogP contribution in [0.4, 0.5) is 0 Å². The largest absolute Gasteiger partial charge is 0.179 e. The first kappa shape index (κ1) is 7.02. The van der Waals surface area contributed by atoms with Crippen LogP contribution in [0.5, 0.6) is 0 Å². The quantitative estimate of drug-likeness (QED) is 0.584. The van der Waals surface area contributed by atoms with Gasteiger partial charge in [-0.2, -0.15) is 12.6 Å². The third kappa shape index (κ3) is 0.990. The molecule has 0 atom stereocenters. The van der Waals surface area contributed by atoms with Crippen LogP contribution in [0.1, 0.15) is 32.1 Å². The summed E-state index contributed by atoms with van der Waals surface area (Å²) in [5.74, 6) is 4.41. The van der Waals surface area contributed by atoms with Crippen molar-refractivity contribution in [1.29, 1.82) is 0 Å². The van der Waals surface area contributed by atoms with Crippen LogP contribution in [0.3, 0.4) is 0 Å². The van der Waals surface area contributed by atoms with Crippen molar-refractivity contribution in [3.8, 4) is 0 Å². The molecule has 0 aromatic carbocycles. The second-order valence-electron chi connectivity index (χ2n) is 3.85. The van der Waals surface area contributed by atoms with E-state index in [1.54, 1.807) is 0 Å². The normalized spacial score (nSPS) is 44.7. The van der Waals surface area contributed by atoms with Gasteiger partial charge in [0.2, 0.25) is 0 Å². The molecule has 2 aliphatic rings. The summed E-state index contributed by atoms with van der Waals surface area (Å²) in [4.78, 5) is 0. The molecule has 0 spiro atoms. The van der Waals surface area contributed by atoms with E-state index in [1.807, 2.05) is 0 Å². The molecule has 2 rings (SSSR count). The summed E-state index contributed by atoms with van der Waals surface area (Å²) in [5.41, 5.74) is 0. The van der Waals surface area contributed by atoms with Crippen molar-refractivity contribution >= 4 is 12.6 Å². The molecule has 0 aromatic rings. The van der Waals surface area contributed by atoms with E-state index in [9.17, 15) is 0 Å². The molecule has 58 valence electrons. The van der Waals surface area contributed by atoms with Gasteiger partial charge in [0.15, 0.2) is 0 Å². The fraction of sp³-hybridized carbons (Fsp3) is 1.00. The molecular weight excluding hydrogens is 140 g/mol. The summed E-state index contributed by atoms with van der Waals surface area (Å²) >= 11 is 4.30. The van der Waals surface area contributed by atoms with Gasteiger partial charge in [0.1, 0.15) is 0 Å². The lowest BCUT2D eigenvalue weighted by molar-refractivity contribution is 0.396. The molecule has 0 aliphatic heterocycles. The van der Waals surface area contributed by atoms with E-state index in [-0.39, 0.29) is 0 Å². The molecule has 2 fully saturated rings. The molecule has 0 amide bonds. The second kappa shape index (κ2) is 2.77. The predicted octanol–water partition coefficient (Wildman–Crippen LogP) is 2.74. The van der Waals surface area contributed by atoms with Crippen molar-refractivity contribution in [2.75, 3.05) is 5.75 Å². The molecule has 0 nitrogen and oxygen atoms in total. The van der Waals surface area contributed by atoms with Crippen molar-refractivity contribution in [2.45, 2.75) is 32.1 Å². The minimum absolute atomic E-state index is 1.08. The minimum Gasteiger partial charge on any atom is -0.179 e. The van der Waals surface area contributed by atoms with Crippen LogP contribution in [-0.2, 0) is 0 Å². The molecule has 1 heteroatoms. The molecule has 0 N–H and O–H groups in total. The summed E-state index contributed by atoms with van der Waals surface area (Å²) < 4.78 is 0. The molecule has 0 aromatic heterocycles. The van der Waals surface area contributed by atoms with Gasteiger partial charge in [-0.1, -0.05) is 0 Å². The standard InChI is InChI=1S/C9H16S/c10-6-5-9-7-1-2-8(9)4-3-7/h7-10H,1-6H2. The second-order valence-corrected chi connectivity index (χ2v) is 4.30. The fourth-order valence-corrected chi connectivity index (χ4v) is 3.30. The highest BCUT2D eigenvalue weighted by Gasteiger charge is 2.40. The zero-order chi connectivity index (χ0) is 6.97. The fourth-order valence-electron chi connectivity index (χ4n) is 3.01. The third-order valence-electron chi connectivity index (χ3n) is 3.49. The Labute approximate surface area is 68.8 Å². The number of hydrogen-bond acceptors (Lipinski definition) is 1. The highest BCUT2D eigenvalue weighted by molar-refractivity contribution is 7.80. The average Bonchev–Trinajstić information content (AvgIpc) is 2.50. The lowest BCUT2D eigenvalue weighted by atomic mass is 9.95. The lowest BCUT2D eigenvalue weighted by Gasteiger charge is -2.12. The summed E-state index contributed by atoms with van der Waals surface area (Å²) in [6.45, 7) is 0. The lowest BCUT2D eigenvalue weighted by Crippen LogP contribution is -2.05. The maximum Gasteiger partial charge on any atom is -0.00951 e. The van der Waals surface area contributed by atoms with Crippen LogP contribution in [0.2, 0.25) is 0 Å². The van der Waals surface area contributed by atoms with Crippen molar-refractivity contribution < 1.29 is 0 Å². The van der Waals surface area contributed by atoms with E-state index >= 15 is 0 Å². The van der Waals surface area contributed by atoms with Gasteiger partial charge in [0.25, 0.3) is 0 Å². The van der Waals surface area contributed by atoms with E-state index in [0.717, 1.165) is 23.5 Å². The van der Waals surface area contributed by atoms with Crippen LogP contribution in [0, 0.1) is 17.8 Å². The molecule has 10 heavy (non-hydrogen) atoms. The number of fused-ring (bicyclic) bond motifs is 2. The molecule has 0 unspecified atom stereocenters. The average molecular weight is 156 g/mol. The number of thiol groups is 1. The number of rotatable bonds is 2. The topological polar surface area (TPSA) is 0 Å². The summed E-state index contributed by atoms with van der Waals surface area (Å²) in [6, 6.07) is 0. The Morgan fingerprint density at radius 2 is 1.50 bits per heavy atom. The van der Waals surface area contributed by atoms with Gasteiger partial charge in [0, 0.05) is 0 Å². The minimum atomic E-state index is 1.08. The summed E-state index contributed by atoms with van der Waals surface area (Å²) in [7, 11) is 0. The zero-order valence-electron chi connectivity index (χ0n) is 6.42. The molecule has 2 bridgehead atoms. The SMILES string of the molecule is SCCC1C2CCC1CC2. The molecule has 2 saturated carbocycles. The van der Waals surface area contributed by atoms with Crippen molar-refractivity contribution in [1.82, 2.24) is 0 Å². The van der Waals surface area contributed by atoms with Gasteiger partial charge in [-0.15, -0.1) is 0 Å². The molecule has 0 saturated heterocycles. The van der Waals surface area contributed by atoms with Gasteiger partial charge in [0.05, 0.1) is 0 Å². The predicted molar refractivity (Wildman–Crippen MR) is 47.4 cm³/mol. The highest BCUT2D eigenvalue weighted by Crippen LogP contribution is 2.50. The monoisotopic (exact) mass is 156 g/mol. The van der Waals surface area contributed by atoms with Gasteiger partial charge in [-0.25, -0.2) is 0 Å². The highest BCUT2D eigenvalue weighted by atomic mass is 32.1.